The summed E-state index contributed by atoms with van der Waals surface area (Å²) in [4.78, 5) is 12.1. The number of thioether (sulfide) groups is 1. The van der Waals surface area contributed by atoms with Gasteiger partial charge in [-0.1, -0.05) is 35.3 Å². The van der Waals surface area contributed by atoms with Crippen molar-refractivity contribution >= 4 is 46.6 Å². The Morgan fingerprint density at radius 3 is 2.38 bits per heavy atom. The molecule has 128 valence electrons. The van der Waals surface area contributed by atoms with Crippen LogP contribution >= 0.6 is 35.0 Å². The average molecular weight is 386 g/mol. The zero-order chi connectivity index (χ0) is 17.5. The monoisotopic (exact) mass is 385 g/mol. The molecule has 0 aromatic heterocycles. The van der Waals surface area contributed by atoms with Crippen molar-refractivity contribution in [3.63, 3.8) is 0 Å². The Balaban J connectivity index is 1.93. The number of ether oxygens (including phenoxy) is 2. The normalized spacial score (nSPS) is 10.3. The highest BCUT2D eigenvalue weighted by atomic mass is 35.5. The van der Waals surface area contributed by atoms with Crippen LogP contribution in [0.1, 0.15) is 5.56 Å². The van der Waals surface area contributed by atoms with Gasteiger partial charge in [-0.25, -0.2) is 0 Å². The molecule has 0 saturated carbocycles. The highest BCUT2D eigenvalue weighted by molar-refractivity contribution is 7.99. The standard InChI is InChI=1S/C17H17Cl2NO3S/c1-22-15-8-14(16(23-2)7-13(15)19)20-17(21)10-24-9-11-3-5-12(18)6-4-11/h3-8H,9-10H2,1-2H3,(H,20,21). The molecule has 0 bridgehead atoms. The van der Waals surface area contributed by atoms with Gasteiger partial charge in [0.05, 0.1) is 30.7 Å². The van der Waals surface area contributed by atoms with E-state index in [2.05, 4.69) is 5.32 Å². The van der Waals surface area contributed by atoms with Gasteiger partial charge in [-0.15, -0.1) is 11.8 Å². The van der Waals surface area contributed by atoms with Gasteiger partial charge >= 0.3 is 0 Å². The van der Waals surface area contributed by atoms with Crippen molar-refractivity contribution in [2.75, 3.05) is 25.3 Å². The summed E-state index contributed by atoms with van der Waals surface area (Å²) in [6.07, 6.45) is 0. The van der Waals surface area contributed by atoms with Crippen LogP contribution in [0, 0.1) is 0 Å². The number of carbonyl (C=O) groups is 1. The van der Waals surface area contributed by atoms with Crippen LogP contribution in [0.2, 0.25) is 10.0 Å². The minimum absolute atomic E-state index is 0.128. The maximum Gasteiger partial charge on any atom is 0.234 e. The van der Waals surface area contributed by atoms with E-state index in [9.17, 15) is 4.79 Å². The molecule has 2 aromatic rings. The molecule has 24 heavy (non-hydrogen) atoms. The number of benzene rings is 2. The Morgan fingerprint density at radius 1 is 1.08 bits per heavy atom. The van der Waals surface area contributed by atoms with Crippen LogP contribution in [-0.2, 0) is 10.5 Å². The Kier molecular flexibility index (Phi) is 7.09. The molecule has 0 saturated heterocycles. The van der Waals surface area contributed by atoms with E-state index in [0.717, 1.165) is 11.3 Å². The lowest BCUT2D eigenvalue weighted by molar-refractivity contribution is -0.113. The summed E-state index contributed by atoms with van der Waals surface area (Å²) in [6, 6.07) is 10.8. The summed E-state index contributed by atoms with van der Waals surface area (Å²) in [5.74, 6) is 1.87. The zero-order valence-electron chi connectivity index (χ0n) is 13.3. The number of hydrogen-bond donors (Lipinski definition) is 1. The SMILES string of the molecule is COc1cc(NC(=O)CSCc2ccc(Cl)cc2)c(OC)cc1Cl. The summed E-state index contributed by atoms with van der Waals surface area (Å²) >= 11 is 13.4. The third-order valence-corrected chi connectivity index (χ3v) is 4.71. The second-order valence-corrected chi connectivity index (χ2v) is 6.68. The molecule has 7 heteroatoms. The molecule has 2 rings (SSSR count). The zero-order valence-corrected chi connectivity index (χ0v) is 15.6. The van der Waals surface area contributed by atoms with E-state index in [4.69, 9.17) is 32.7 Å². The number of hydrogen-bond acceptors (Lipinski definition) is 4. The Hall–Kier alpha value is -1.56. The van der Waals surface area contributed by atoms with Crippen molar-refractivity contribution in [2.24, 2.45) is 0 Å². The molecule has 0 aliphatic rings. The maximum atomic E-state index is 12.1. The molecule has 4 nitrogen and oxygen atoms in total. The van der Waals surface area contributed by atoms with Gasteiger partial charge in [0.25, 0.3) is 0 Å². The van der Waals surface area contributed by atoms with Crippen molar-refractivity contribution in [1.29, 1.82) is 0 Å². The lowest BCUT2D eigenvalue weighted by atomic mass is 10.2. The first kappa shape index (κ1) is 18.8. The fourth-order valence-corrected chi connectivity index (χ4v) is 3.13. The van der Waals surface area contributed by atoms with Gasteiger partial charge < -0.3 is 14.8 Å². The summed E-state index contributed by atoms with van der Waals surface area (Å²) in [7, 11) is 3.03. The topological polar surface area (TPSA) is 47.6 Å². The summed E-state index contributed by atoms with van der Waals surface area (Å²) in [6.45, 7) is 0. The molecule has 0 unspecified atom stereocenters. The maximum absolute atomic E-state index is 12.1. The molecule has 0 atom stereocenters. The predicted molar refractivity (Wildman–Crippen MR) is 101 cm³/mol. The number of anilines is 1. The molecular formula is C17H17Cl2NO3S. The first-order chi connectivity index (χ1) is 11.5. The van der Waals surface area contributed by atoms with E-state index in [-0.39, 0.29) is 5.91 Å². The summed E-state index contributed by atoms with van der Waals surface area (Å²) in [5, 5.41) is 3.93. The molecule has 0 radical (unpaired) electrons. The highest BCUT2D eigenvalue weighted by Gasteiger charge is 2.12. The van der Waals surface area contributed by atoms with E-state index < -0.39 is 0 Å². The van der Waals surface area contributed by atoms with Gasteiger partial charge in [-0.05, 0) is 17.7 Å². The van der Waals surface area contributed by atoms with Gasteiger partial charge in [0.1, 0.15) is 11.5 Å². The third kappa shape index (κ3) is 5.23. The molecule has 0 fully saturated rings. The minimum atomic E-state index is -0.128. The van der Waals surface area contributed by atoms with Gasteiger partial charge in [0, 0.05) is 22.9 Å². The van der Waals surface area contributed by atoms with Crippen molar-refractivity contribution in [1.82, 2.24) is 0 Å². The van der Waals surface area contributed by atoms with Crippen LogP contribution in [0.4, 0.5) is 5.69 Å². The molecule has 0 aliphatic carbocycles. The van der Waals surface area contributed by atoms with E-state index in [1.165, 1.54) is 26.0 Å². The molecule has 0 spiro atoms. The van der Waals surface area contributed by atoms with Crippen LogP contribution in [0.3, 0.4) is 0 Å². The van der Waals surface area contributed by atoms with Crippen molar-refractivity contribution in [2.45, 2.75) is 5.75 Å². The summed E-state index contributed by atoms with van der Waals surface area (Å²) < 4.78 is 10.4. The second-order valence-electron chi connectivity index (χ2n) is 4.85. The van der Waals surface area contributed by atoms with Gasteiger partial charge in [-0.2, -0.15) is 0 Å². The summed E-state index contributed by atoms with van der Waals surface area (Å²) in [5.41, 5.74) is 1.64. The average Bonchev–Trinajstić information content (AvgIpc) is 2.57. The van der Waals surface area contributed by atoms with Crippen LogP contribution in [0.5, 0.6) is 11.5 Å². The number of methoxy groups -OCH3 is 2. The largest absolute Gasteiger partial charge is 0.495 e. The second kappa shape index (κ2) is 9.06. The van der Waals surface area contributed by atoms with Crippen LogP contribution in [0.15, 0.2) is 36.4 Å². The lowest BCUT2D eigenvalue weighted by Gasteiger charge is -2.13. The van der Waals surface area contributed by atoms with Crippen molar-refractivity contribution < 1.29 is 14.3 Å². The third-order valence-electron chi connectivity index (χ3n) is 3.16. The Morgan fingerprint density at radius 2 is 1.75 bits per heavy atom. The first-order valence-corrected chi connectivity index (χ1v) is 8.98. The van der Waals surface area contributed by atoms with Crippen LogP contribution in [-0.4, -0.2) is 25.9 Å². The van der Waals surface area contributed by atoms with E-state index >= 15 is 0 Å². The fraction of sp³-hybridized carbons (Fsp3) is 0.235. The number of amides is 1. The molecule has 0 heterocycles. The first-order valence-electron chi connectivity index (χ1n) is 7.07. The van der Waals surface area contributed by atoms with Crippen LogP contribution < -0.4 is 14.8 Å². The molecule has 1 N–H and O–H groups in total. The molecular weight excluding hydrogens is 369 g/mol. The van der Waals surface area contributed by atoms with E-state index in [1.807, 2.05) is 24.3 Å². The lowest BCUT2D eigenvalue weighted by Crippen LogP contribution is -2.15. The fourth-order valence-electron chi connectivity index (χ4n) is 1.99. The molecule has 0 aliphatic heterocycles. The Bertz CT molecular complexity index is 708. The minimum Gasteiger partial charge on any atom is -0.495 e. The number of halogens is 2. The molecule has 1 amide bonds. The number of rotatable bonds is 7. The molecule has 2 aromatic carbocycles. The van der Waals surface area contributed by atoms with Gasteiger partial charge in [0.2, 0.25) is 5.91 Å². The quantitative estimate of drug-likeness (QED) is 0.737. The van der Waals surface area contributed by atoms with Crippen molar-refractivity contribution in [3.8, 4) is 11.5 Å². The van der Waals surface area contributed by atoms with Crippen molar-refractivity contribution in [3.05, 3.63) is 52.0 Å². The van der Waals surface area contributed by atoms with Gasteiger partial charge in [-0.3, -0.25) is 4.79 Å². The number of nitrogens with one attached hydrogen (secondary N) is 1. The highest BCUT2D eigenvalue weighted by Crippen LogP contribution is 2.35. The smallest absolute Gasteiger partial charge is 0.234 e. The van der Waals surface area contributed by atoms with Crippen LogP contribution in [0.25, 0.3) is 0 Å². The predicted octanol–water partition coefficient (Wildman–Crippen LogP) is 4.88. The van der Waals surface area contributed by atoms with Gasteiger partial charge in [0.15, 0.2) is 0 Å². The van der Waals surface area contributed by atoms with E-state index in [1.54, 1.807) is 12.1 Å². The van der Waals surface area contributed by atoms with E-state index in [0.29, 0.717) is 33.0 Å². The Labute approximate surface area is 155 Å². The number of carbonyl (C=O) groups excluding carboxylic acids is 1.